The first-order chi connectivity index (χ1) is 8.41. The van der Waals surface area contributed by atoms with E-state index in [2.05, 4.69) is 44.4 Å². The van der Waals surface area contributed by atoms with Gasteiger partial charge in [0.25, 0.3) is 0 Å². The highest BCUT2D eigenvalue weighted by Crippen LogP contribution is 2.24. The minimum absolute atomic E-state index is 0.0923. The van der Waals surface area contributed by atoms with Crippen LogP contribution in [0.15, 0.2) is 12.1 Å². The summed E-state index contributed by atoms with van der Waals surface area (Å²) < 4.78 is 5.33. The van der Waals surface area contributed by atoms with Gasteiger partial charge in [0, 0.05) is 18.6 Å². The molecule has 18 heavy (non-hydrogen) atoms. The molecule has 3 nitrogen and oxygen atoms in total. The number of hydrogen-bond acceptors (Lipinski definition) is 3. The Labute approximate surface area is 111 Å². The summed E-state index contributed by atoms with van der Waals surface area (Å²) in [4.78, 5) is 0. The van der Waals surface area contributed by atoms with Gasteiger partial charge in [0.2, 0.25) is 0 Å². The van der Waals surface area contributed by atoms with E-state index in [-0.39, 0.29) is 5.54 Å². The van der Waals surface area contributed by atoms with Crippen molar-refractivity contribution < 1.29 is 4.74 Å². The van der Waals surface area contributed by atoms with Crippen LogP contribution >= 0.6 is 0 Å². The fourth-order valence-corrected chi connectivity index (χ4v) is 2.10. The summed E-state index contributed by atoms with van der Waals surface area (Å²) in [5.41, 5.74) is 3.96. The van der Waals surface area contributed by atoms with Crippen molar-refractivity contribution in [2.75, 3.05) is 20.7 Å². The Hall–Kier alpha value is -1.06. The highest BCUT2D eigenvalue weighted by molar-refractivity contribution is 5.43. The predicted molar refractivity (Wildman–Crippen MR) is 77.3 cm³/mol. The van der Waals surface area contributed by atoms with Gasteiger partial charge in [0.15, 0.2) is 0 Å². The first kappa shape index (κ1) is 15.0. The van der Waals surface area contributed by atoms with Crippen LogP contribution in [0.1, 0.15) is 30.5 Å². The van der Waals surface area contributed by atoms with Crippen LogP contribution in [0.4, 0.5) is 0 Å². The van der Waals surface area contributed by atoms with E-state index in [1.165, 1.54) is 16.7 Å². The molecule has 0 aliphatic rings. The van der Waals surface area contributed by atoms with Crippen molar-refractivity contribution in [3.63, 3.8) is 0 Å². The lowest BCUT2D eigenvalue weighted by molar-refractivity contribution is 0.373. The Balaban J connectivity index is 2.77. The number of likely N-dealkylation sites (N-methyl/N-ethyl adjacent to an activating group) is 1. The second-order valence-corrected chi connectivity index (χ2v) is 5.44. The lowest BCUT2D eigenvalue weighted by atomic mass is 10.00. The Morgan fingerprint density at radius 3 is 2.39 bits per heavy atom. The third-order valence-corrected chi connectivity index (χ3v) is 3.45. The van der Waals surface area contributed by atoms with E-state index in [1.54, 1.807) is 7.11 Å². The van der Waals surface area contributed by atoms with Crippen molar-refractivity contribution in [1.29, 1.82) is 0 Å². The van der Waals surface area contributed by atoms with Gasteiger partial charge in [-0.3, -0.25) is 0 Å². The van der Waals surface area contributed by atoms with E-state index in [0.717, 1.165) is 18.8 Å². The van der Waals surface area contributed by atoms with Crippen molar-refractivity contribution in [3.8, 4) is 5.75 Å². The number of nitrogens with one attached hydrogen (secondary N) is 2. The molecule has 2 N–H and O–H groups in total. The van der Waals surface area contributed by atoms with Crippen LogP contribution in [-0.4, -0.2) is 26.2 Å². The lowest BCUT2D eigenvalue weighted by Gasteiger charge is -2.27. The van der Waals surface area contributed by atoms with Crippen molar-refractivity contribution >= 4 is 0 Å². The van der Waals surface area contributed by atoms with Crippen molar-refractivity contribution in [2.45, 2.75) is 39.8 Å². The molecule has 0 atom stereocenters. The second-order valence-electron chi connectivity index (χ2n) is 5.44. The predicted octanol–water partition coefficient (Wildman–Crippen LogP) is 2.40. The molecule has 0 saturated carbocycles. The average Bonchev–Trinajstić information content (AvgIpc) is 2.31. The molecule has 3 heteroatoms. The van der Waals surface area contributed by atoms with Gasteiger partial charge in [0.05, 0.1) is 7.11 Å². The summed E-state index contributed by atoms with van der Waals surface area (Å²) in [5.74, 6) is 0.964. The zero-order chi connectivity index (χ0) is 13.8. The SMILES string of the molecule is CNCC(C)(C)NCc1ccc(OC)c(C)c1C. The summed E-state index contributed by atoms with van der Waals surface area (Å²) in [6, 6.07) is 4.19. The first-order valence-corrected chi connectivity index (χ1v) is 6.44. The second kappa shape index (κ2) is 6.21. The molecule has 1 aromatic rings. The minimum atomic E-state index is 0.0923. The Morgan fingerprint density at radius 1 is 1.17 bits per heavy atom. The van der Waals surface area contributed by atoms with Gasteiger partial charge in [-0.15, -0.1) is 0 Å². The van der Waals surface area contributed by atoms with Gasteiger partial charge in [-0.05, 0) is 57.5 Å². The van der Waals surface area contributed by atoms with Crippen LogP contribution in [0.2, 0.25) is 0 Å². The molecule has 102 valence electrons. The van der Waals surface area contributed by atoms with E-state index in [4.69, 9.17) is 4.74 Å². The standard InChI is InChI=1S/C15H26N2O/c1-11-12(2)14(18-6)8-7-13(11)9-17-15(3,4)10-16-5/h7-8,16-17H,9-10H2,1-6H3. The molecule has 0 fully saturated rings. The lowest BCUT2D eigenvalue weighted by Crippen LogP contribution is -2.46. The highest BCUT2D eigenvalue weighted by Gasteiger charge is 2.16. The Morgan fingerprint density at radius 2 is 1.83 bits per heavy atom. The zero-order valence-corrected chi connectivity index (χ0v) is 12.5. The van der Waals surface area contributed by atoms with Crippen LogP contribution < -0.4 is 15.4 Å². The molecular formula is C15H26N2O. The van der Waals surface area contributed by atoms with Gasteiger partial charge in [-0.25, -0.2) is 0 Å². The molecule has 0 unspecified atom stereocenters. The summed E-state index contributed by atoms with van der Waals surface area (Å²) in [7, 11) is 3.70. The average molecular weight is 250 g/mol. The van der Waals surface area contributed by atoms with Crippen LogP contribution in [0, 0.1) is 13.8 Å². The quantitative estimate of drug-likeness (QED) is 0.813. The van der Waals surface area contributed by atoms with Gasteiger partial charge in [0.1, 0.15) is 5.75 Å². The molecule has 1 rings (SSSR count). The highest BCUT2D eigenvalue weighted by atomic mass is 16.5. The molecule has 0 aromatic heterocycles. The molecule has 0 bridgehead atoms. The third-order valence-electron chi connectivity index (χ3n) is 3.45. The maximum absolute atomic E-state index is 5.33. The summed E-state index contributed by atoms with van der Waals surface area (Å²) in [6.45, 7) is 10.5. The summed E-state index contributed by atoms with van der Waals surface area (Å²) in [6.07, 6.45) is 0. The Kier molecular flexibility index (Phi) is 5.17. The number of rotatable bonds is 6. The number of methoxy groups -OCH3 is 1. The van der Waals surface area contributed by atoms with Crippen molar-refractivity contribution in [1.82, 2.24) is 10.6 Å². The normalized spacial score (nSPS) is 11.7. The van der Waals surface area contributed by atoms with Gasteiger partial charge in [-0.1, -0.05) is 6.07 Å². The van der Waals surface area contributed by atoms with E-state index < -0.39 is 0 Å². The topological polar surface area (TPSA) is 33.3 Å². The maximum atomic E-state index is 5.33. The molecule has 0 radical (unpaired) electrons. The van der Waals surface area contributed by atoms with Crippen LogP contribution in [0.25, 0.3) is 0 Å². The largest absolute Gasteiger partial charge is 0.496 e. The van der Waals surface area contributed by atoms with Crippen LogP contribution in [-0.2, 0) is 6.54 Å². The smallest absolute Gasteiger partial charge is 0.122 e. The van der Waals surface area contributed by atoms with Crippen LogP contribution in [0.5, 0.6) is 5.75 Å². The molecule has 0 heterocycles. The number of hydrogen-bond donors (Lipinski definition) is 2. The zero-order valence-electron chi connectivity index (χ0n) is 12.5. The monoisotopic (exact) mass is 250 g/mol. The van der Waals surface area contributed by atoms with Gasteiger partial charge >= 0.3 is 0 Å². The molecule has 0 aliphatic heterocycles. The van der Waals surface area contributed by atoms with Gasteiger partial charge < -0.3 is 15.4 Å². The summed E-state index contributed by atoms with van der Waals surface area (Å²) in [5, 5.41) is 6.78. The fraction of sp³-hybridized carbons (Fsp3) is 0.600. The maximum Gasteiger partial charge on any atom is 0.122 e. The number of ether oxygens (including phenoxy) is 1. The Bertz CT molecular complexity index is 400. The van der Waals surface area contributed by atoms with E-state index in [0.29, 0.717) is 0 Å². The molecule has 0 amide bonds. The summed E-state index contributed by atoms with van der Waals surface area (Å²) >= 11 is 0. The van der Waals surface area contributed by atoms with Crippen molar-refractivity contribution in [3.05, 3.63) is 28.8 Å². The molecule has 1 aromatic carbocycles. The fourth-order valence-electron chi connectivity index (χ4n) is 2.10. The molecule has 0 saturated heterocycles. The third kappa shape index (κ3) is 3.72. The van der Waals surface area contributed by atoms with Crippen LogP contribution in [0.3, 0.4) is 0 Å². The number of benzene rings is 1. The first-order valence-electron chi connectivity index (χ1n) is 6.44. The molecular weight excluding hydrogens is 224 g/mol. The molecule has 0 aliphatic carbocycles. The minimum Gasteiger partial charge on any atom is -0.496 e. The van der Waals surface area contributed by atoms with Crippen molar-refractivity contribution in [2.24, 2.45) is 0 Å². The van der Waals surface area contributed by atoms with E-state index >= 15 is 0 Å². The van der Waals surface area contributed by atoms with Gasteiger partial charge in [-0.2, -0.15) is 0 Å². The molecule has 0 spiro atoms. The van der Waals surface area contributed by atoms with E-state index in [1.807, 2.05) is 13.1 Å². The van der Waals surface area contributed by atoms with E-state index in [9.17, 15) is 0 Å².